The van der Waals surface area contributed by atoms with Gasteiger partial charge in [0.15, 0.2) is 5.75 Å². The van der Waals surface area contributed by atoms with Crippen LogP contribution >= 0.6 is 11.3 Å². The quantitative estimate of drug-likeness (QED) is 0.887. The van der Waals surface area contributed by atoms with Crippen molar-refractivity contribution >= 4 is 16.3 Å². The SMILES string of the molecule is CNc1sc(C#N)c(C)c1OCC1=CC=CC1. The monoisotopic (exact) mass is 246 g/mol. The van der Waals surface area contributed by atoms with Crippen LogP contribution < -0.4 is 10.1 Å². The van der Waals surface area contributed by atoms with E-state index in [2.05, 4.69) is 23.5 Å². The van der Waals surface area contributed by atoms with Crippen molar-refractivity contribution in [1.82, 2.24) is 0 Å². The molecule has 0 spiro atoms. The minimum absolute atomic E-state index is 0.587. The van der Waals surface area contributed by atoms with Gasteiger partial charge in [-0.2, -0.15) is 5.26 Å². The summed E-state index contributed by atoms with van der Waals surface area (Å²) in [5.74, 6) is 0.807. The molecule has 0 aromatic carbocycles. The summed E-state index contributed by atoms with van der Waals surface area (Å²) in [5.41, 5.74) is 2.18. The Morgan fingerprint density at radius 1 is 1.59 bits per heavy atom. The summed E-state index contributed by atoms with van der Waals surface area (Å²) >= 11 is 1.44. The largest absolute Gasteiger partial charge is 0.486 e. The van der Waals surface area contributed by atoms with Crippen molar-refractivity contribution in [3.05, 3.63) is 34.2 Å². The van der Waals surface area contributed by atoms with E-state index in [0.29, 0.717) is 11.5 Å². The van der Waals surface area contributed by atoms with Gasteiger partial charge in [-0.3, -0.25) is 0 Å². The zero-order chi connectivity index (χ0) is 12.3. The number of ether oxygens (including phenoxy) is 1. The molecule has 1 aromatic heterocycles. The molecule has 2 rings (SSSR count). The van der Waals surface area contributed by atoms with Gasteiger partial charge in [-0.25, -0.2) is 0 Å². The summed E-state index contributed by atoms with van der Waals surface area (Å²) in [5, 5.41) is 13.0. The van der Waals surface area contributed by atoms with Gasteiger partial charge in [-0.15, -0.1) is 11.3 Å². The van der Waals surface area contributed by atoms with Crippen LogP contribution in [0, 0.1) is 18.3 Å². The lowest BCUT2D eigenvalue weighted by molar-refractivity contribution is 0.351. The first-order chi connectivity index (χ1) is 8.26. The minimum Gasteiger partial charge on any atom is -0.486 e. The van der Waals surface area contributed by atoms with E-state index in [9.17, 15) is 0 Å². The van der Waals surface area contributed by atoms with Gasteiger partial charge in [0.1, 0.15) is 22.6 Å². The van der Waals surface area contributed by atoms with Crippen LogP contribution in [0.5, 0.6) is 5.75 Å². The van der Waals surface area contributed by atoms with Crippen LogP contribution in [0.4, 0.5) is 5.00 Å². The van der Waals surface area contributed by atoms with Gasteiger partial charge < -0.3 is 10.1 Å². The number of thiophene rings is 1. The van der Waals surface area contributed by atoms with E-state index in [1.54, 1.807) is 0 Å². The molecule has 1 heterocycles. The highest BCUT2D eigenvalue weighted by atomic mass is 32.1. The molecule has 0 atom stereocenters. The first-order valence-corrected chi connectivity index (χ1v) is 6.26. The van der Waals surface area contributed by atoms with Crippen LogP contribution in [-0.2, 0) is 0 Å². The maximum absolute atomic E-state index is 8.99. The molecular weight excluding hydrogens is 232 g/mol. The molecule has 0 saturated carbocycles. The average Bonchev–Trinajstić information content (AvgIpc) is 2.94. The molecule has 0 radical (unpaired) electrons. The van der Waals surface area contributed by atoms with Crippen molar-refractivity contribution in [1.29, 1.82) is 5.26 Å². The number of rotatable bonds is 4. The van der Waals surface area contributed by atoms with E-state index in [0.717, 1.165) is 22.7 Å². The Labute approximate surface area is 105 Å². The molecule has 1 aromatic rings. The fraction of sp³-hybridized carbons (Fsp3) is 0.308. The Balaban J connectivity index is 2.14. The maximum Gasteiger partial charge on any atom is 0.158 e. The van der Waals surface area contributed by atoms with Gasteiger partial charge in [0.05, 0.1) is 0 Å². The van der Waals surface area contributed by atoms with Gasteiger partial charge >= 0.3 is 0 Å². The molecule has 88 valence electrons. The molecular formula is C13H14N2OS. The Kier molecular flexibility index (Phi) is 3.50. The lowest BCUT2D eigenvalue weighted by Crippen LogP contribution is -2.01. The first-order valence-electron chi connectivity index (χ1n) is 5.45. The second-order valence-electron chi connectivity index (χ2n) is 3.82. The Morgan fingerprint density at radius 3 is 3.00 bits per heavy atom. The fourth-order valence-corrected chi connectivity index (χ4v) is 2.61. The lowest BCUT2D eigenvalue weighted by Gasteiger charge is -2.08. The van der Waals surface area contributed by atoms with E-state index in [4.69, 9.17) is 10.00 Å². The molecule has 1 aliphatic carbocycles. The molecule has 0 saturated heterocycles. The van der Waals surface area contributed by atoms with E-state index in [1.807, 2.05) is 20.0 Å². The molecule has 0 unspecified atom stereocenters. The smallest absolute Gasteiger partial charge is 0.158 e. The van der Waals surface area contributed by atoms with Crippen molar-refractivity contribution in [2.45, 2.75) is 13.3 Å². The van der Waals surface area contributed by atoms with E-state index in [-0.39, 0.29) is 0 Å². The normalized spacial score (nSPS) is 13.4. The van der Waals surface area contributed by atoms with Gasteiger partial charge in [-0.1, -0.05) is 18.2 Å². The third-order valence-corrected chi connectivity index (χ3v) is 3.87. The molecule has 1 N–H and O–H groups in total. The number of nitrogens with one attached hydrogen (secondary N) is 1. The summed E-state index contributed by atoms with van der Waals surface area (Å²) in [6, 6.07) is 2.19. The predicted octanol–water partition coefficient (Wildman–Crippen LogP) is 3.24. The van der Waals surface area contributed by atoms with Crippen molar-refractivity contribution < 1.29 is 4.74 Å². The molecule has 0 bridgehead atoms. The maximum atomic E-state index is 8.99. The summed E-state index contributed by atoms with van der Waals surface area (Å²) in [6.45, 7) is 2.51. The average molecular weight is 246 g/mol. The second kappa shape index (κ2) is 5.07. The molecule has 1 aliphatic rings. The molecule has 0 aliphatic heterocycles. The predicted molar refractivity (Wildman–Crippen MR) is 70.7 cm³/mol. The summed E-state index contributed by atoms with van der Waals surface area (Å²) < 4.78 is 5.81. The Bertz CT molecular complexity index is 520. The highest BCUT2D eigenvalue weighted by Gasteiger charge is 2.15. The van der Waals surface area contributed by atoms with Gasteiger partial charge in [0.25, 0.3) is 0 Å². The van der Waals surface area contributed by atoms with Crippen molar-refractivity contribution in [3.63, 3.8) is 0 Å². The van der Waals surface area contributed by atoms with E-state index >= 15 is 0 Å². The molecule has 0 amide bonds. The third kappa shape index (κ3) is 2.34. The summed E-state index contributed by atoms with van der Waals surface area (Å²) in [4.78, 5) is 0.711. The Hall–Kier alpha value is -1.73. The minimum atomic E-state index is 0.587. The zero-order valence-corrected chi connectivity index (χ0v) is 10.7. The third-order valence-electron chi connectivity index (χ3n) is 2.67. The number of nitrogens with zero attached hydrogens (tertiary/aromatic N) is 1. The van der Waals surface area contributed by atoms with Crippen LogP contribution in [0.3, 0.4) is 0 Å². The van der Waals surface area contributed by atoms with Crippen LogP contribution in [0.25, 0.3) is 0 Å². The topological polar surface area (TPSA) is 45.0 Å². The number of anilines is 1. The van der Waals surface area contributed by atoms with Crippen LogP contribution in [-0.4, -0.2) is 13.7 Å². The summed E-state index contributed by atoms with van der Waals surface area (Å²) in [7, 11) is 1.84. The number of hydrogen-bond acceptors (Lipinski definition) is 4. The van der Waals surface area contributed by atoms with Gasteiger partial charge in [0.2, 0.25) is 0 Å². The van der Waals surface area contributed by atoms with Crippen LogP contribution in [0.1, 0.15) is 16.9 Å². The molecule has 17 heavy (non-hydrogen) atoms. The number of hydrogen-bond donors (Lipinski definition) is 1. The van der Waals surface area contributed by atoms with Gasteiger partial charge in [-0.05, 0) is 18.9 Å². The summed E-state index contributed by atoms with van der Waals surface area (Å²) in [6.07, 6.45) is 7.19. The molecule has 0 fully saturated rings. The highest BCUT2D eigenvalue weighted by molar-refractivity contribution is 7.17. The van der Waals surface area contributed by atoms with Crippen LogP contribution in [0.15, 0.2) is 23.8 Å². The van der Waals surface area contributed by atoms with Crippen molar-refractivity contribution in [3.8, 4) is 11.8 Å². The van der Waals surface area contributed by atoms with E-state index < -0.39 is 0 Å². The standard InChI is InChI=1S/C13H14N2OS/c1-9-11(7-14)17-13(15-2)12(9)16-8-10-5-3-4-6-10/h3-5,15H,6,8H2,1-2H3. The number of nitriles is 1. The van der Waals surface area contributed by atoms with Gasteiger partial charge in [0, 0.05) is 12.6 Å². The van der Waals surface area contributed by atoms with E-state index in [1.165, 1.54) is 16.9 Å². The Morgan fingerprint density at radius 2 is 2.41 bits per heavy atom. The molecule has 3 nitrogen and oxygen atoms in total. The fourth-order valence-electron chi connectivity index (χ4n) is 1.71. The van der Waals surface area contributed by atoms with Crippen molar-refractivity contribution in [2.24, 2.45) is 0 Å². The zero-order valence-electron chi connectivity index (χ0n) is 9.91. The lowest BCUT2D eigenvalue weighted by atomic mass is 10.2. The highest BCUT2D eigenvalue weighted by Crippen LogP contribution is 2.39. The second-order valence-corrected chi connectivity index (χ2v) is 4.84. The first kappa shape index (κ1) is 11.7. The number of allylic oxidation sites excluding steroid dienone is 3. The van der Waals surface area contributed by atoms with Crippen molar-refractivity contribution in [2.75, 3.05) is 19.0 Å². The molecule has 4 heteroatoms. The van der Waals surface area contributed by atoms with Crippen LogP contribution in [0.2, 0.25) is 0 Å².